The summed E-state index contributed by atoms with van der Waals surface area (Å²) in [5.41, 5.74) is 2.62. The molecule has 0 bridgehead atoms. The molecular weight excluding hydrogens is 380 g/mol. The Bertz CT molecular complexity index is 1070. The van der Waals surface area contributed by atoms with E-state index in [0.29, 0.717) is 6.54 Å². The van der Waals surface area contributed by atoms with E-state index in [-0.39, 0.29) is 17.2 Å². The molecule has 0 spiro atoms. The fourth-order valence-corrected chi connectivity index (χ4v) is 4.14. The number of imidazole rings is 1. The van der Waals surface area contributed by atoms with Crippen molar-refractivity contribution >= 4 is 27.0 Å². The first-order chi connectivity index (χ1) is 13.3. The first-order valence-electron chi connectivity index (χ1n) is 8.85. The van der Waals surface area contributed by atoms with Crippen molar-refractivity contribution in [3.8, 4) is 0 Å². The van der Waals surface area contributed by atoms with Gasteiger partial charge in [0.15, 0.2) is 0 Å². The Morgan fingerprint density at radius 2 is 1.93 bits per heavy atom. The molecule has 2 heterocycles. The van der Waals surface area contributed by atoms with E-state index in [4.69, 9.17) is 0 Å². The van der Waals surface area contributed by atoms with Gasteiger partial charge >= 0.3 is 5.97 Å². The number of fused-ring (bicyclic) bond motifs is 1. The molecule has 0 saturated heterocycles. The lowest BCUT2D eigenvalue weighted by Gasteiger charge is -2.16. The summed E-state index contributed by atoms with van der Waals surface area (Å²) in [5, 5.41) is 9.27. The Kier molecular flexibility index (Phi) is 5.76. The SMILES string of the molecule is CC(C)C[C@H](NS(=O)(=O)c1ccc(Cn2cnc3cnccc32)cc1)C(=O)O. The Hall–Kier alpha value is -2.78. The van der Waals surface area contributed by atoms with Gasteiger partial charge in [0.1, 0.15) is 11.6 Å². The molecule has 0 amide bonds. The maximum absolute atomic E-state index is 12.5. The summed E-state index contributed by atoms with van der Waals surface area (Å²) in [6.07, 6.45) is 5.30. The molecule has 2 aromatic heterocycles. The number of sulfonamides is 1. The second-order valence-electron chi connectivity index (χ2n) is 7.02. The second kappa shape index (κ2) is 8.07. The zero-order chi connectivity index (χ0) is 20.3. The number of carboxylic acids is 1. The van der Waals surface area contributed by atoms with E-state index in [0.717, 1.165) is 16.6 Å². The zero-order valence-corrected chi connectivity index (χ0v) is 16.4. The average Bonchev–Trinajstić information content (AvgIpc) is 3.04. The minimum atomic E-state index is -3.92. The molecule has 148 valence electrons. The molecule has 3 aromatic rings. The number of benzene rings is 1. The fraction of sp³-hybridized carbons (Fsp3) is 0.316. The summed E-state index contributed by atoms with van der Waals surface area (Å²) in [4.78, 5) is 19.7. The lowest BCUT2D eigenvalue weighted by Crippen LogP contribution is -2.41. The van der Waals surface area contributed by atoms with E-state index in [9.17, 15) is 18.3 Å². The van der Waals surface area contributed by atoms with Crippen LogP contribution in [0.5, 0.6) is 0 Å². The summed E-state index contributed by atoms with van der Waals surface area (Å²) in [5.74, 6) is -1.14. The molecule has 0 fully saturated rings. The summed E-state index contributed by atoms with van der Waals surface area (Å²) in [7, 11) is -3.92. The molecule has 0 unspecified atom stereocenters. The third-order valence-corrected chi connectivity index (χ3v) is 5.80. The van der Waals surface area contributed by atoms with Gasteiger partial charge < -0.3 is 9.67 Å². The van der Waals surface area contributed by atoms with Gasteiger partial charge in [0, 0.05) is 12.7 Å². The largest absolute Gasteiger partial charge is 0.480 e. The van der Waals surface area contributed by atoms with Gasteiger partial charge in [-0.3, -0.25) is 9.78 Å². The maximum atomic E-state index is 12.5. The van der Waals surface area contributed by atoms with E-state index in [1.807, 2.05) is 24.5 Å². The predicted molar refractivity (Wildman–Crippen MR) is 104 cm³/mol. The summed E-state index contributed by atoms with van der Waals surface area (Å²) < 4.78 is 29.3. The fourth-order valence-electron chi connectivity index (χ4n) is 2.94. The van der Waals surface area contributed by atoms with Crippen molar-refractivity contribution in [2.75, 3.05) is 0 Å². The van der Waals surface area contributed by atoms with E-state index >= 15 is 0 Å². The Balaban J connectivity index is 1.76. The summed E-state index contributed by atoms with van der Waals surface area (Å²) >= 11 is 0. The van der Waals surface area contributed by atoms with E-state index in [2.05, 4.69) is 14.7 Å². The highest BCUT2D eigenvalue weighted by molar-refractivity contribution is 7.89. The molecule has 0 aliphatic carbocycles. The molecule has 0 aliphatic heterocycles. The number of carbonyl (C=O) groups is 1. The molecule has 8 nitrogen and oxygen atoms in total. The van der Waals surface area contributed by atoms with E-state index in [1.165, 1.54) is 12.1 Å². The Labute approximate surface area is 163 Å². The molecule has 3 rings (SSSR count). The zero-order valence-electron chi connectivity index (χ0n) is 15.6. The number of aliphatic carboxylic acids is 1. The van der Waals surface area contributed by atoms with Crippen LogP contribution in [0.3, 0.4) is 0 Å². The Morgan fingerprint density at radius 3 is 2.57 bits per heavy atom. The van der Waals surface area contributed by atoms with Crippen LogP contribution in [0.1, 0.15) is 25.8 Å². The van der Waals surface area contributed by atoms with Crippen molar-refractivity contribution < 1.29 is 18.3 Å². The second-order valence-corrected chi connectivity index (χ2v) is 8.74. The third kappa shape index (κ3) is 4.55. The van der Waals surface area contributed by atoms with Gasteiger partial charge in [-0.2, -0.15) is 4.72 Å². The van der Waals surface area contributed by atoms with Crippen LogP contribution in [0.15, 0.2) is 53.9 Å². The van der Waals surface area contributed by atoms with Crippen molar-refractivity contribution in [2.45, 2.75) is 37.8 Å². The quantitative estimate of drug-likeness (QED) is 0.597. The summed E-state index contributed by atoms with van der Waals surface area (Å²) in [6, 6.07) is 7.08. The van der Waals surface area contributed by atoms with Gasteiger partial charge in [-0.05, 0) is 36.1 Å². The Morgan fingerprint density at radius 1 is 1.21 bits per heavy atom. The highest BCUT2D eigenvalue weighted by Crippen LogP contribution is 2.16. The van der Waals surface area contributed by atoms with Gasteiger partial charge in [-0.25, -0.2) is 13.4 Å². The number of nitrogens with one attached hydrogen (secondary N) is 1. The van der Waals surface area contributed by atoms with Gasteiger partial charge in [0.2, 0.25) is 10.0 Å². The van der Waals surface area contributed by atoms with Crippen molar-refractivity contribution in [2.24, 2.45) is 5.92 Å². The number of hydrogen-bond acceptors (Lipinski definition) is 5. The van der Waals surface area contributed by atoms with Crippen LogP contribution in [0.25, 0.3) is 11.0 Å². The minimum absolute atomic E-state index is 0.0333. The van der Waals surface area contributed by atoms with Crippen molar-refractivity contribution in [1.82, 2.24) is 19.3 Å². The highest BCUT2D eigenvalue weighted by atomic mass is 32.2. The first-order valence-corrected chi connectivity index (χ1v) is 10.3. The number of pyridine rings is 1. The predicted octanol–water partition coefficient (Wildman–Crippen LogP) is 2.26. The van der Waals surface area contributed by atoms with E-state index in [1.54, 1.807) is 30.9 Å². The topological polar surface area (TPSA) is 114 Å². The number of nitrogens with zero attached hydrogens (tertiary/aromatic N) is 3. The average molecular weight is 402 g/mol. The van der Waals surface area contributed by atoms with Crippen LogP contribution in [-0.2, 0) is 21.4 Å². The molecule has 0 radical (unpaired) electrons. The van der Waals surface area contributed by atoms with Crippen LogP contribution < -0.4 is 4.72 Å². The highest BCUT2D eigenvalue weighted by Gasteiger charge is 2.26. The normalized spacial score (nSPS) is 13.1. The molecule has 1 atom stereocenters. The number of rotatable bonds is 8. The lowest BCUT2D eigenvalue weighted by atomic mass is 10.1. The smallest absolute Gasteiger partial charge is 0.321 e. The van der Waals surface area contributed by atoms with Crippen LogP contribution >= 0.6 is 0 Å². The van der Waals surface area contributed by atoms with Crippen molar-refractivity contribution in [3.05, 3.63) is 54.6 Å². The first kappa shape index (κ1) is 20.0. The molecule has 0 aliphatic rings. The maximum Gasteiger partial charge on any atom is 0.321 e. The standard InChI is InChI=1S/C19H22N4O4S/c1-13(2)9-16(19(24)25)22-28(26,27)15-5-3-14(4-6-15)11-23-12-21-17-10-20-8-7-18(17)23/h3-8,10,12-13,16,22H,9,11H2,1-2H3,(H,24,25)/t16-/m0/s1. The molecule has 2 N–H and O–H groups in total. The van der Waals surface area contributed by atoms with Crippen LogP contribution in [-0.4, -0.2) is 40.1 Å². The van der Waals surface area contributed by atoms with Gasteiger partial charge in [0.25, 0.3) is 0 Å². The monoisotopic (exact) mass is 402 g/mol. The van der Waals surface area contributed by atoms with Gasteiger partial charge in [0.05, 0.1) is 22.9 Å². The van der Waals surface area contributed by atoms with Crippen molar-refractivity contribution in [1.29, 1.82) is 0 Å². The third-order valence-electron chi connectivity index (χ3n) is 4.31. The van der Waals surface area contributed by atoms with Crippen LogP contribution in [0.4, 0.5) is 0 Å². The molecule has 9 heteroatoms. The van der Waals surface area contributed by atoms with Gasteiger partial charge in [-0.1, -0.05) is 26.0 Å². The number of carboxylic acid groups (broad SMARTS) is 1. The van der Waals surface area contributed by atoms with Crippen LogP contribution in [0.2, 0.25) is 0 Å². The van der Waals surface area contributed by atoms with Gasteiger partial charge in [-0.15, -0.1) is 0 Å². The minimum Gasteiger partial charge on any atom is -0.480 e. The molecule has 1 aromatic carbocycles. The molecular formula is C19H22N4O4S. The number of hydrogen-bond donors (Lipinski definition) is 2. The van der Waals surface area contributed by atoms with Crippen LogP contribution in [0, 0.1) is 5.92 Å². The molecule has 0 saturated carbocycles. The number of aromatic nitrogens is 3. The summed E-state index contributed by atoms with van der Waals surface area (Å²) in [6.45, 7) is 4.21. The van der Waals surface area contributed by atoms with Crippen molar-refractivity contribution in [3.63, 3.8) is 0 Å². The molecule has 28 heavy (non-hydrogen) atoms. The lowest BCUT2D eigenvalue weighted by molar-refractivity contribution is -0.139. The van der Waals surface area contributed by atoms with E-state index < -0.39 is 22.0 Å².